The highest BCUT2D eigenvalue weighted by Crippen LogP contribution is 2.38. The summed E-state index contributed by atoms with van der Waals surface area (Å²) in [5.41, 5.74) is 2.14. The van der Waals surface area contributed by atoms with Gasteiger partial charge in [-0.2, -0.15) is 4.39 Å². The Morgan fingerprint density at radius 3 is 2.32 bits per heavy atom. The Balaban J connectivity index is 1.40. The second-order valence-electron chi connectivity index (χ2n) is 9.29. The maximum atomic E-state index is 14.8. The van der Waals surface area contributed by atoms with Crippen LogP contribution in [-0.4, -0.2) is 6.61 Å². The van der Waals surface area contributed by atoms with Gasteiger partial charge < -0.3 is 9.47 Å². The molecule has 0 spiro atoms. The molecule has 3 aromatic rings. The molecule has 0 saturated carbocycles. The van der Waals surface area contributed by atoms with Crippen LogP contribution in [0.5, 0.6) is 11.5 Å². The maximum absolute atomic E-state index is 14.8. The van der Waals surface area contributed by atoms with E-state index in [1.165, 1.54) is 31.2 Å². The molecule has 0 heterocycles. The summed E-state index contributed by atoms with van der Waals surface area (Å²) in [7, 11) is 0. The van der Waals surface area contributed by atoms with Crippen LogP contribution in [-0.2, 0) is 6.61 Å². The quantitative estimate of drug-likeness (QED) is 0.209. The van der Waals surface area contributed by atoms with Gasteiger partial charge in [0.1, 0.15) is 6.61 Å². The summed E-state index contributed by atoms with van der Waals surface area (Å²) >= 11 is 0. The maximum Gasteiger partial charge on any atom is 0.201 e. The number of unbranched alkanes of at least 4 members (excludes halogenated alkanes) is 1. The van der Waals surface area contributed by atoms with Crippen molar-refractivity contribution >= 4 is 5.57 Å². The SMILES string of the molecule is CCCCOc1ccc(COc2ccc(C3=CCC(c4ccc(C)c(F)c4F)CC3)cc2F)c(F)c1F. The fraction of sp³-hybridized carbons (Fsp3) is 0.333. The Labute approximate surface area is 213 Å². The molecule has 1 aliphatic carbocycles. The first-order valence-electron chi connectivity index (χ1n) is 12.5. The molecule has 0 bridgehead atoms. The summed E-state index contributed by atoms with van der Waals surface area (Å²) in [6.07, 6.45) is 5.21. The molecular formula is C30H29F5O2. The largest absolute Gasteiger partial charge is 0.490 e. The molecular weight excluding hydrogens is 487 g/mol. The third-order valence-corrected chi connectivity index (χ3v) is 6.72. The van der Waals surface area contributed by atoms with Gasteiger partial charge in [-0.1, -0.05) is 37.6 Å². The Morgan fingerprint density at radius 1 is 0.838 bits per heavy atom. The van der Waals surface area contributed by atoms with Crippen LogP contribution < -0.4 is 9.47 Å². The van der Waals surface area contributed by atoms with Crippen LogP contribution in [0.3, 0.4) is 0 Å². The molecule has 1 atom stereocenters. The van der Waals surface area contributed by atoms with E-state index in [9.17, 15) is 22.0 Å². The lowest BCUT2D eigenvalue weighted by molar-refractivity contribution is 0.273. The molecule has 0 aromatic heterocycles. The van der Waals surface area contributed by atoms with Crippen LogP contribution in [0.2, 0.25) is 0 Å². The molecule has 0 radical (unpaired) electrons. The minimum absolute atomic E-state index is 0.0513. The number of hydrogen-bond donors (Lipinski definition) is 0. The highest BCUT2D eigenvalue weighted by Gasteiger charge is 2.23. The summed E-state index contributed by atoms with van der Waals surface area (Å²) in [5, 5.41) is 0. The second kappa shape index (κ2) is 11.8. The minimum Gasteiger partial charge on any atom is -0.490 e. The number of rotatable bonds is 9. The predicted octanol–water partition coefficient (Wildman–Crippen LogP) is 8.80. The highest BCUT2D eigenvalue weighted by atomic mass is 19.2. The van der Waals surface area contributed by atoms with E-state index in [0.717, 1.165) is 18.4 Å². The molecule has 0 saturated heterocycles. The van der Waals surface area contributed by atoms with Crippen LogP contribution in [0, 0.1) is 36.0 Å². The van der Waals surface area contributed by atoms with Crippen molar-refractivity contribution in [2.75, 3.05) is 6.61 Å². The van der Waals surface area contributed by atoms with Crippen molar-refractivity contribution in [2.45, 2.75) is 58.5 Å². The zero-order valence-corrected chi connectivity index (χ0v) is 20.9. The highest BCUT2D eigenvalue weighted by molar-refractivity contribution is 5.67. The standard InChI is InChI=1S/C30H29F5O2/c1-3-4-15-36-26-14-11-22(28(33)30(26)35)17-37-25-13-10-21(16-24(25)31)19-6-8-20(9-7-19)23-12-5-18(2)27(32)29(23)34/h5-6,10-14,16,20H,3-4,7-9,15,17H2,1-2H3. The van der Waals surface area contributed by atoms with Gasteiger partial charge in [0.15, 0.2) is 34.8 Å². The van der Waals surface area contributed by atoms with E-state index in [4.69, 9.17) is 9.47 Å². The van der Waals surface area contributed by atoms with Crippen molar-refractivity contribution in [3.63, 3.8) is 0 Å². The summed E-state index contributed by atoms with van der Waals surface area (Å²) in [5.74, 6) is -4.82. The van der Waals surface area contributed by atoms with Gasteiger partial charge in [-0.25, -0.2) is 17.6 Å². The van der Waals surface area contributed by atoms with Gasteiger partial charge in [0.05, 0.1) is 6.61 Å². The van der Waals surface area contributed by atoms with Gasteiger partial charge in [0.2, 0.25) is 5.82 Å². The van der Waals surface area contributed by atoms with Crippen molar-refractivity contribution in [3.05, 3.63) is 99.9 Å². The monoisotopic (exact) mass is 516 g/mol. The van der Waals surface area contributed by atoms with Crippen LogP contribution in [0.4, 0.5) is 22.0 Å². The van der Waals surface area contributed by atoms with E-state index >= 15 is 0 Å². The van der Waals surface area contributed by atoms with Crippen molar-refractivity contribution in [1.82, 2.24) is 0 Å². The van der Waals surface area contributed by atoms with E-state index in [1.54, 1.807) is 18.2 Å². The summed E-state index contributed by atoms with van der Waals surface area (Å²) in [4.78, 5) is 0. The number of hydrogen-bond acceptors (Lipinski definition) is 2. The molecule has 2 nitrogen and oxygen atoms in total. The zero-order chi connectivity index (χ0) is 26.5. The van der Waals surface area contributed by atoms with Gasteiger partial charge in [-0.3, -0.25) is 0 Å². The first-order valence-corrected chi connectivity index (χ1v) is 12.5. The van der Waals surface area contributed by atoms with Gasteiger partial charge in [-0.05, 0) is 85.1 Å². The second-order valence-corrected chi connectivity index (χ2v) is 9.29. The Morgan fingerprint density at radius 2 is 1.62 bits per heavy atom. The van der Waals surface area contributed by atoms with Crippen LogP contribution in [0.1, 0.15) is 67.2 Å². The molecule has 37 heavy (non-hydrogen) atoms. The molecule has 1 aliphatic rings. The summed E-state index contributed by atoms with van der Waals surface area (Å²) in [6, 6.07) is 10.4. The van der Waals surface area contributed by atoms with E-state index in [2.05, 4.69) is 0 Å². The van der Waals surface area contributed by atoms with Gasteiger partial charge in [-0.15, -0.1) is 0 Å². The smallest absolute Gasteiger partial charge is 0.201 e. The van der Waals surface area contributed by atoms with Gasteiger partial charge in [0.25, 0.3) is 0 Å². The third-order valence-electron chi connectivity index (χ3n) is 6.72. The van der Waals surface area contributed by atoms with Crippen molar-refractivity contribution in [1.29, 1.82) is 0 Å². The Kier molecular flexibility index (Phi) is 8.52. The predicted molar refractivity (Wildman–Crippen MR) is 133 cm³/mol. The molecule has 4 rings (SSSR count). The molecule has 196 valence electrons. The lowest BCUT2D eigenvalue weighted by Crippen LogP contribution is -2.08. The van der Waals surface area contributed by atoms with E-state index in [-0.39, 0.29) is 35.2 Å². The number of allylic oxidation sites excluding steroid dienone is 2. The Hall–Kier alpha value is -3.35. The van der Waals surface area contributed by atoms with Crippen molar-refractivity contribution in [3.8, 4) is 11.5 Å². The van der Waals surface area contributed by atoms with Crippen molar-refractivity contribution in [2.24, 2.45) is 0 Å². The lowest BCUT2D eigenvalue weighted by Gasteiger charge is -2.23. The molecule has 0 aliphatic heterocycles. The number of halogens is 5. The first kappa shape index (κ1) is 26.7. The minimum atomic E-state index is -1.09. The zero-order valence-electron chi connectivity index (χ0n) is 20.9. The summed E-state index contributed by atoms with van der Waals surface area (Å²) in [6.45, 7) is 3.43. The van der Waals surface area contributed by atoms with Crippen LogP contribution >= 0.6 is 0 Å². The van der Waals surface area contributed by atoms with Crippen LogP contribution in [0.15, 0.2) is 48.5 Å². The molecule has 0 N–H and O–H groups in total. The van der Waals surface area contributed by atoms with Gasteiger partial charge >= 0.3 is 0 Å². The van der Waals surface area contributed by atoms with E-state index in [1.807, 2.05) is 13.0 Å². The third kappa shape index (κ3) is 5.97. The Bertz CT molecular complexity index is 1300. The average molecular weight is 517 g/mol. The normalized spacial score (nSPS) is 15.4. The molecule has 3 aromatic carbocycles. The fourth-order valence-corrected chi connectivity index (χ4v) is 4.45. The summed E-state index contributed by atoms with van der Waals surface area (Å²) < 4.78 is 82.5. The fourth-order valence-electron chi connectivity index (χ4n) is 4.45. The molecule has 1 unspecified atom stereocenters. The number of ether oxygens (including phenoxy) is 2. The average Bonchev–Trinajstić information content (AvgIpc) is 2.90. The van der Waals surface area contributed by atoms with Crippen molar-refractivity contribution < 1.29 is 31.4 Å². The van der Waals surface area contributed by atoms with E-state index in [0.29, 0.717) is 37.0 Å². The number of benzene rings is 3. The lowest BCUT2D eigenvalue weighted by atomic mass is 9.82. The number of aryl methyl sites for hydroxylation is 1. The first-order chi connectivity index (χ1) is 17.8. The molecule has 0 amide bonds. The molecule has 0 fully saturated rings. The van der Waals surface area contributed by atoms with E-state index < -0.39 is 29.1 Å². The van der Waals surface area contributed by atoms with Crippen LogP contribution in [0.25, 0.3) is 5.57 Å². The topological polar surface area (TPSA) is 18.5 Å². The molecule has 7 heteroatoms. The van der Waals surface area contributed by atoms with Gasteiger partial charge in [0, 0.05) is 5.56 Å².